The smallest absolute Gasteiger partial charge is 0.306 e. The van der Waals surface area contributed by atoms with Crippen LogP contribution in [0.4, 0.5) is 0 Å². The molecule has 0 aliphatic carbocycles. The Kier molecular flexibility index (Phi) is 65.5. The second-order valence-electron chi connectivity index (χ2n) is 24.5. The molecule has 0 bridgehead atoms. The van der Waals surface area contributed by atoms with E-state index >= 15 is 0 Å². The normalized spacial score (nSPS) is 11.9. The number of carbonyl (C=O) groups excluding carboxylic acids is 3. The van der Waals surface area contributed by atoms with E-state index in [1.807, 2.05) is 0 Å². The van der Waals surface area contributed by atoms with E-state index in [4.69, 9.17) is 14.2 Å². The molecule has 0 N–H and O–H groups in total. The van der Waals surface area contributed by atoms with Crippen LogP contribution >= 0.6 is 0 Å². The SMILES string of the molecule is CCCCCCCCCCCCCCCCCCCCCCCCCCCC(=O)OCC(COC(=O)CCCCCCCCCCCCC)OC(=O)CCCCCCCCCCCCCCCCCCCCCCCCC. The third-order valence-corrected chi connectivity index (χ3v) is 16.6. The minimum absolute atomic E-state index is 0.0604. The number of rotatable bonds is 67. The minimum atomic E-state index is -0.763. The van der Waals surface area contributed by atoms with E-state index in [2.05, 4.69) is 20.8 Å². The van der Waals surface area contributed by atoms with E-state index in [1.165, 1.54) is 321 Å². The zero-order chi connectivity index (χ0) is 55.7. The number of esters is 3. The maximum Gasteiger partial charge on any atom is 0.306 e. The first-order valence-corrected chi connectivity index (χ1v) is 35.5. The van der Waals surface area contributed by atoms with Gasteiger partial charge in [-0.05, 0) is 19.3 Å². The van der Waals surface area contributed by atoms with Crippen molar-refractivity contribution in [2.75, 3.05) is 13.2 Å². The monoisotopic (exact) mass is 1090 g/mol. The Bertz CT molecular complexity index is 1160. The molecule has 1 unspecified atom stereocenters. The highest BCUT2D eigenvalue weighted by molar-refractivity contribution is 5.71. The molecule has 0 spiro atoms. The summed E-state index contributed by atoms with van der Waals surface area (Å²) in [6.07, 6.45) is 78.6. The standard InChI is InChI=1S/C71H138O6/c1-4-7-10-13-16-19-22-24-26-28-30-32-34-35-37-38-40-42-44-46-49-52-55-58-61-64-70(73)76-67-68(66-75-69(72)63-60-57-54-51-48-21-18-15-12-9-6-3)77-71(74)65-62-59-56-53-50-47-45-43-41-39-36-33-31-29-27-25-23-20-17-14-11-8-5-2/h68H,4-67H2,1-3H3. The third-order valence-electron chi connectivity index (χ3n) is 16.6. The summed E-state index contributed by atoms with van der Waals surface area (Å²) in [5.74, 6) is -0.822. The predicted molar refractivity (Wildman–Crippen MR) is 335 cm³/mol. The summed E-state index contributed by atoms with van der Waals surface area (Å²) in [6.45, 7) is 6.73. The summed E-state index contributed by atoms with van der Waals surface area (Å²) < 4.78 is 17.0. The fourth-order valence-corrected chi connectivity index (χ4v) is 11.3. The number of ether oxygens (including phenoxy) is 3. The van der Waals surface area contributed by atoms with Crippen LogP contribution in [-0.4, -0.2) is 37.2 Å². The number of hydrogen-bond acceptors (Lipinski definition) is 6. The number of unbranched alkanes of at least 4 members (excludes halogenated alkanes) is 56. The molecule has 0 aromatic rings. The largest absolute Gasteiger partial charge is 0.462 e. The summed E-state index contributed by atoms with van der Waals surface area (Å²) in [5.41, 5.74) is 0. The lowest BCUT2D eigenvalue weighted by molar-refractivity contribution is -0.167. The first-order chi connectivity index (χ1) is 38.0. The van der Waals surface area contributed by atoms with Gasteiger partial charge in [0.1, 0.15) is 13.2 Å². The van der Waals surface area contributed by atoms with E-state index in [0.717, 1.165) is 57.8 Å². The second-order valence-corrected chi connectivity index (χ2v) is 24.5. The van der Waals surface area contributed by atoms with Crippen molar-refractivity contribution < 1.29 is 28.6 Å². The van der Waals surface area contributed by atoms with Gasteiger partial charge in [0.2, 0.25) is 0 Å². The van der Waals surface area contributed by atoms with Crippen LogP contribution in [0, 0.1) is 0 Å². The maximum absolute atomic E-state index is 12.9. The molecular weight excluding hydrogens is 949 g/mol. The molecule has 0 fully saturated rings. The fraction of sp³-hybridized carbons (Fsp3) is 0.958. The van der Waals surface area contributed by atoms with Crippen LogP contribution in [-0.2, 0) is 28.6 Å². The average Bonchev–Trinajstić information content (AvgIpc) is 3.43. The van der Waals surface area contributed by atoms with Crippen LogP contribution in [0.15, 0.2) is 0 Å². The lowest BCUT2D eigenvalue weighted by Crippen LogP contribution is -2.30. The van der Waals surface area contributed by atoms with Gasteiger partial charge in [0.15, 0.2) is 6.10 Å². The quantitative estimate of drug-likeness (QED) is 0.0343. The molecule has 0 saturated heterocycles. The van der Waals surface area contributed by atoms with Crippen LogP contribution in [0.5, 0.6) is 0 Å². The maximum atomic E-state index is 12.9. The fourth-order valence-electron chi connectivity index (χ4n) is 11.3. The van der Waals surface area contributed by atoms with Gasteiger partial charge >= 0.3 is 17.9 Å². The van der Waals surface area contributed by atoms with Crippen molar-refractivity contribution in [1.29, 1.82) is 0 Å². The van der Waals surface area contributed by atoms with Crippen LogP contribution in [0.3, 0.4) is 0 Å². The molecule has 0 aromatic heterocycles. The molecule has 1 atom stereocenters. The van der Waals surface area contributed by atoms with Crippen LogP contribution < -0.4 is 0 Å². The van der Waals surface area contributed by atoms with E-state index in [9.17, 15) is 14.4 Å². The molecule has 6 heteroatoms. The Morgan fingerprint density at radius 1 is 0.208 bits per heavy atom. The van der Waals surface area contributed by atoms with Gasteiger partial charge in [-0.15, -0.1) is 0 Å². The molecule has 458 valence electrons. The highest BCUT2D eigenvalue weighted by Gasteiger charge is 2.19. The van der Waals surface area contributed by atoms with Crippen LogP contribution in [0.2, 0.25) is 0 Å². The third kappa shape index (κ3) is 65.1. The minimum Gasteiger partial charge on any atom is -0.462 e. The van der Waals surface area contributed by atoms with Gasteiger partial charge in [-0.25, -0.2) is 0 Å². The van der Waals surface area contributed by atoms with Crippen LogP contribution in [0.1, 0.15) is 419 Å². The van der Waals surface area contributed by atoms with Gasteiger partial charge in [0, 0.05) is 19.3 Å². The summed E-state index contributed by atoms with van der Waals surface area (Å²) in [7, 11) is 0. The molecule has 0 aliphatic rings. The number of hydrogen-bond donors (Lipinski definition) is 0. The van der Waals surface area contributed by atoms with E-state index in [0.29, 0.717) is 19.3 Å². The lowest BCUT2D eigenvalue weighted by Gasteiger charge is -2.18. The summed E-state index contributed by atoms with van der Waals surface area (Å²) in [4.78, 5) is 38.4. The van der Waals surface area contributed by atoms with Crippen molar-refractivity contribution in [2.45, 2.75) is 425 Å². The summed E-state index contributed by atoms with van der Waals surface area (Å²) >= 11 is 0. The molecule has 0 amide bonds. The number of carbonyl (C=O) groups is 3. The van der Waals surface area contributed by atoms with Crippen molar-refractivity contribution >= 4 is 17.9 Å². The highest BCUT2D eigenvalue weighted by Crippen LogP contribution is 2.19. The molecule has 0 aromatic carbocycles. The van der Waals surface area contributed by atoms with Gasteiger partial charge in [0.05, 0.1) is 0 Å². The average molecular weight is 1090 g/mol. The molecule has 0 rings (SSSR count). The zero-order valence-electron chi connectivity index (χ0n) is 52.8. The van der Waals surface area contributed by atoms with Gasteiger partial charge in [-0.3, -0.25) is 14.4 Å². The van der Waals surface area contributed by atoms with Crippen molar-refractivity contribution in [1.82, 2.24) is 0 Å². The van der Waals surface area contributed by atoms with E-state index < -0.39 is 6.10 Å². The van der Waals surface area contributed by atoms with E-state index in [1.54, 1.807) is 0 Å². The molecule has 0 saturated carbocycles. The van der Waals surface area contributed by atoms with Gasteiger partial charge < -0.3 is 14.2 Å². The molecule has 6 nitrogen and oxygen atoms in total. The Labute approximate surface area is 482 Å². The first kappa shape index (κ1) is 75.4. The summed E-state index contributed by atoms with van der Waals surface area (Å²) in [5, 5.41) is 0. The Morgan fingerprint density at radius 3 is 0.519 bits per heavy atom. The van der Waals surface area contributed by atoms with Gasteiger partial charge in [0.25, 0.3) is 0 Å². The summed E-state index contributed by atoms with van der Waals surface area (Å²) in [6, 6.07) is 0. The van der Waals surface area contributed by atoms with Crippen molar-refractivity contribution in [3.05, 3.63) is 0 Å². The highest BCUT2D eigenvalue weighted by atomic mass is 16.6. The molecule has 0 radical (unpaired) electrons. The van der Waals surface area contributed by atoms with Crippen molar-refractivity contribution in [2.24, 2.45) is 0 Å². The van der Waals surface area contributed by atoms with Gasteiger partial charge in [-0.2, -0.15) is 0 Å². The van der Waals surface area contributed by atoms with Crippen LogP contribution in [0.25, 0.3) is 0 Å². The Balaban J connectivity index is 4.14. The molecule has 0 aliphatic heterocycles. The molecule has 77 heavy (non-hydrogen) atoms. The lowest BCUT2D eigenvalue weighted by atomic mass is 10.0. The topological polar surface area (TPSA) is 78.9 Å². The van der Waals surface area contributed by atoms with E-state index in [-0.39, 0.29) is 31.1 Å². The Hall–Kier alpha value is -1.59. The van der Waals surface area contributed by atoms with Gasteiger partial charge in [-0.1, -0.05) is 380 Å². The Morgan fingerprint density at radius 2 is 0.351 bits per heavy atom. The molecular formula is C71H138O6. The van der Waals surface area contributed by atoms with Crippen molar-refractivity contribution in [3.63, 3.8) is 0 Å². The van der Waals surface area contributed by atoms with Crippen molar-refractivity contribution in [3.8, 4) is 0 Å². The molecule has 0 heterocycles. The first-order valence-electron chi connectivity index (χ1n) is 35.5. The predicted octanol–water partition coefficient (Wildman–Crippen LogP) is 24.2. The zero-order valence-corrected chi connectivity index (χ0v) is 52.8. The second kappa shape index (κ2) is 66.9.